The summed E-state index contributed by atoms with van der Waals surface area (Å²) in [5.74, 6) is -0.906. The van der Waals surface area contributed by atoms with Crippen molar-refractivity contribution in [1.82, 2.24) is 4.90 Å². The number of aliphatic carboxylic acids is 1. The van der Waals surface area contributed by atoms with Crippen LogP contribution in [0.1, 0.15) is 39.5 Å². The zero-order valence-corrected chi connectivity index (χ0v) is 11.2. The second-order valence-electron chi connectivity index (χ2n) is 4.97. The first-order valence-electron chi connectivity index (χ1n) is 6.64. The van der Waals surface area contributed by atoms with E-state index in [2.05, 4.69) is 0 Å². The Morgan fingerprint density at radius 2 is 2.17 bits per heavy atom. The number of carboxylic acids is 1. The van der Waals surface area contributed by atoms with E-state index in [0.29, 0.717) is 19.6 Å². The van der Waals surface area contributed by atoms with Crippen LogP contribution in [0.5, 0.6) is 0 Å². The molecule has 2 unspecified atom stereocenters. The molecule has 5 nitrogen and oxygen atoms in total. The highest BCUT2D eigenvalue weighted by molar-refractivity contribution is 5.77. The van der Waals surface area contributed by atoms with Crippen LogP contribution in [0.3, 0.4) is 0 Å². The van der Waals surface area contributed by atoms with Gasteiger partial charge in [-0.05, 0) is 25.7 Å². The zero-order chi connectivity index (χ0) is 13.5. The Kier molecular flexibility index (Phi) is 6.12. The second kappa shape index (κ2) is 7.36. The molecule has 0 radical (unpaired) electrons. The summed E-state index contributed by atoms with van der Waals surface area (Å²) in [7, 11) is 0. The molecule has 1 saturated heterocycles. The Morgan fingerprint density at radius 1 is 1.44 bits per heavy atom. The lowest BCUT2D eigenvalue weighted by Crippen LogP contribution is -2.43. The molecule has 1 fully saturated rings. The third-order valence-electron chi connectivity index (χ3n) is 3.18. The van der Waals surface area contributed by atoms with Crippen LogP contribution in [0.2, 0.25) is 0 Å². The van der Waals surface area contributed by atoms with Gasteiger partial charge < -0.3 is 14.7 Å². The average molecular weight is 257 g/mol. The first kappa shape index (κ1) is 15.0. The summed E-state index contributed by atoms with van der Waals surface area (Å²) in [6.07, 6.45) is 2.47. The van der Waals surface area contributed by atoms with Crippen LogP contribution in [0.25, 0.3) is 0 Å². The fourth-order valence-electron chi connectivity index (χ4n) is 2.33. The fraction of sp³-hybridized carbons (Fsp3) is 0.846. The van der Waals surface area contributed by atoms with Gasteiger partial charge in [0, 0.05) is 32.5 Å². The minimum absolute atomic E-state index is 0.0492. The molecule has 2 atom stereocenters. The SMILES string of the molecule is CCOC1CCCN(C(=O)CC(C)CC(=O)O)C1. The fourth-order valence-corrected chi connectivity index (χ4v) is 2.33. The van der Waals surface area contributed by atoms with Crippen molar-refractivity contribution in [3.05, 3.63) is 0 Å². The van der Waals surface area contributed by atoms with Crippen LogP contribution in [0.15, 0.2) is 0 Å². The van der Waals surface area contributed by atoms with Crippen LogP contribution < -0.4 is 0 Å². The van der Waals surface area contributed by atoms with Crippen molar-refractivity contribution in [3.8, 4) is 0 Å². The molecule has 0 aliphatic carbocycles. The van der Waals surface area contributed by atoms with Crippen molar-refractivity contribution >= 4 is 11.9 Å². The number of hydrogen-bond donors (Lipinski definition) is 1. The van der Waals surface area contributed by atoms with E-state index in [1.807, 2.05) is 11.8 Å². The highest BCUT2D eigenvalue weighted by Crippen LogP contribution is 2.16. The monoisotopic (exact) mass is 257 g/mol. The normalized spacial score (nSPS) is 21.7. The number of carbonyl (C=O) groups is 2. The van der Waals surface area contributed by atoms with E-state index < -0.39 is 5.97 Å². The van der Waals surface area contributed by atoms with Gasteiger partial charge >= 0.3 is 5.97 Å². The van der Waals surface area contributed by atoms with E-state index in [4.69, 9.17) is 9.84 Å². The third-order valence-corrected chi connectivity index (χ3v) is 3.18. The van der Waals surface area contributed by atoms with Crippen molar-refractivity contribution < 1.29 is 19.4 Å². The lowest BCUT2D eigenvalue weighted by molar-refractivity contribution is -0.139. The summed E-state index contributed by atoms with van der Waals surface area (Å²) in [6, 6.07) is 0. The Hall–Kier alpha value is -1.10. The minimum atomic E-state index is -0.846. The molecule has 1 rings (SSSR count). The number of carbonyl (C=O) groups excluding carboxylic acids is 1. The molecule has 1 amide bonds. The standard InChI is InChI=1S/C13H23NO4/c1-3-18-11-5-4-6-14(9-11)12(15)7-10(2)8-13(16)17/h10-11H,3-9H2,1-2H3,(H,16,17). The molecule has 18 heavy (non-hydrogen) atoms. The van der Waals surface area contributed by atoms with E-state index in [-0.39, 0.29) is 24.3 Å². The van der Waals surface area contributed by atoms with Gasteiger partial charge in [-0.15, -0.1) is 0 Å². The number of carboxylic acid groups (broad SMARTS) is 1. The van der Waals surface area contributed by atoms with Gasteiger partial charge in [-0.2, -0.15) is 0 Å². The summed E-state index contributed by atoms with van der Waals surface area (Å²) >= 11 is 0. The van der Waals surface area contributed by atoms with Gasteiger partial charge in [-0.1, -0.05) is 6.92 Å². The van der Waals surface area contributed by atoms with Crippen LogP contribution in [0.4, 0.5) is 0 Å². The number of ether oxygens (including phenoxy) is 1. The maximum Gasteiger partial charge on any atom is 0.303 e. The Bertz CT molecular complexity index is 291. The lowest BCUT2D eigenvalue weighted by atomic mass is 10.0. The molecule has 0 spiro atoms. The predicted molar refractivity (Wildman–Crippen MR) is 67.3 cm³/mol. The van der Waals surface area contributed by atoms with Crippen molar-refractivity contribution in [2.75, 3.05) is 19.7 Å². The first-order chi connectivity index (χ1) is 8.52. The van der Waals surface area contributed by atoms with Gasteiger partial charge in [0.2, 0.25) is 5.91 Å². The predicted octanol–water partition coefficient (Wildman–Crippen LogP) is 1.51. The number of amides is 1. The molecule has 0 aromatic carbocycles. The molecule has 1 heterocycles. The van der Waals surface area contributed by atoms with Gasteiger partial charge in [0.15, 0.2) is 0 Å². The van der Waals surface area contributed by atoms with Crippen molar-refractivity contribution in [1.29, 1.82) is 0 Å². The summed E-state index contributed by atoms with van der Waals surface area (Å²) in [6.45, 7) is 5.84. The Labute approximate surface area is 108 Å². The van der Waals surface area contributed by atoms with Gasteiger partial charge in [0.05, 0.1) is 6.10 Å². The topological polar surface area (TPSA) is 66.8 Å². The molecule has 1 aliphatic heterocycles. The van der Waals surface area contributed by atoms with Crippen molar-refractivity contribution in [2.45, 2.75) is 45.6 Å². The lowest BCUT2D eigenvalue weighted by Gasteiger charge is -2.33. The smallest absolute Gasteiger partial charge is 0.303 e. The third kappa shape index (κ3) is 5.04. The largest absolute Gasteiger partial charge is 0.481 e. The molecular weight excluding hydrogens is 234 g/mol. The highest BCUT2D eigenvalue weighted by Gasteiger charge is 2.25. The van der Waals surface area contributed by atoms with Crippen LogP contribution in [0, 0.1) is 5.92 Å². The quantitative estimate of drug-likeness (QED) is 0.783. The maximum atomic E-state index is 12.0. The van der Waals surface area contributed by atoms with E-state index >= 15 is 0 Å². The number of nitrogens with zero attached hydrogens (tertiary/aromatic N) is 1. The molecule has 1 N–H and O–H groups in total. The second-order valence-corrected chi connectivity index (χ2v) is 4.97. The number of piperidine rings is 1. The summed E-state index contributed by atoms with van der Waals surface area (Å²) in [5, 5.41) is 8.67. The molecule has 0 aromatic heterocycles. The molecular formula is C13H23NO4. The molecule has 1 aliphatic rings. The molecule has 0 aromatic rings. The number of likely N-dealkylation sites (tertiary alicyclic amines) is 1. The van der Waals surface area contributed by atoms with Crippen molar-refractivity contribution in [3.63, 3.8) is 0 Å². The maximum absolute atomic E-state index is 12.0. The summed E-state index contributed by atoms with van der Waals surface area (Å²) in [5.41, 5.74) is 0. The first-order valence-corrected chi connectivity index (χ1v) is 6.64. The van der Waals surface area contributed by atoms with Crippen LogP contribution in [-0.4, -0.2) is 47.7 Å². The number of rotatable bonds is 6. The molecule has 104 valence electrons. The van der Waals surface area contributed by atoms with E-state index in [0.717, 1.165) is 19.4 Å². The molecule has 0 saturated carbocycles. The van der Waals surface area contributed by atoms with Crippen LogP contribution >= 0.6 is 0 Å². The zero-order valence-electron chi connectivity index (χ0n) is 11.2. The van der Waals surface area contributed by atoms with E-state index in [1.165, 1.54) is 0 Å². The highest BCUT2D eigenvalue weighted by atomic mass is 16.5. The van der Waals surface area contributed by atoms with E-state index in [1.54, 1.807) is 6.92 Å². The Balaban J connectivity index is 2.38. The average Bonchev–Trinajstić information content (AvgIpc) is 2.28. The van der Waals surface area contributed by atoms with Crippen LogP contribution in [-0.2, 0) is 14.3 Å². The number of hydrogen-bond acceptors (Lipinski definition) is 3. The van der Waals surface area contributed by atoms with Crippen molar-refractivity contribution in [2.24, 2.45) is 5.92 Å². The minimum Gasteiger partial charge on any atom is -0.481 e. The van der Waals surface area contributed by atoms with E-state index in [9.17, 15) is 9.59 Å². The summed E-state index contributed by atoms with van der Waals surface area (Å²) in [4.78, 5) is 24.4. The van der Waals surface area contributed by atoms with Gasteiger partial charge in [-0.25, -0.2) is 0 Å². The van der Waals surface area contributed by atoms with Gasteiger partial charge in [0.1, 0.15) is 0 Å². The molecule has 0 bridgehead atoms. The van der Waals surface area contributed by atoms with Gasteiger partial charge in [-0.3, -0.25) is 9.59 Å². The summed E-state index contributed by atoms with van der Waals surface area (Å²) < 4.78 is 5.54. The Morgan fingerprint density at radius 3 is 2.78 bits per heavy atom. The molecule has 5 heteroatoms. The van der Waals surface area contributed by atoms with Gasteiger partial charge in [0.25, 0.3) is 0 Å².